The Morgan fingerprint density at radius 1 is 1.43 bits per heavy atom. The lowest BCUT2D eigenvalue weighted by molar-refractivity contribution is -0.124. The Hall–Kier alpha value is -1.39. The highest BCUT2D eigenvalue weighted by molar-refractivity contribution is 5.78. The number of amides is 1. The smallest absolute Gasteiger partial charge is 0.234 e. The van der Waals surface area contributed by atoms with Gasteiger partial charge in [-0.3, -0.25) is 9.69 Å². The van der Waals surface area contributed by atoms with Crippen LogP contribution in [0.3, 0.4) is 0 Å². The van der Waals surface area contributed by atoms with E-state index in [1.165, 1.54) is 5.56 Å². The average Bonchev–Trinajstić information content (AvgIpc) is 2.46. The van der Waals surface area contributed by atoms with Crippen molar-refractivity contribution in [1.82, 2.24) is 10.2 Å². The molecule has 1 aromatic rings. The maximum Gasteiger partial charge on any atom is 0.234 e. The number of fused-ring (bicyclic) bond motifs is 1. The third-order valence-electron chi connectivity index (χ3n) is 4.40. The number of carbonyl (C=O) groups is 1. The fourth-order valence-corrected chi connectivity index (χ4v) is 2.80. The van der Waals surface area contributed by atoms with E-state index in [1.807, 2.05) is 26.0 Å². The Morgan fingerprint density at radius 3 is 2.81 bits per heavy atom. The Kier molecular flexibility index (Phi) is 5.01. The quantitative estimate of drug-likeness (QED) is 0.870. The van der Waals surface area contributed by atoms with Crippen LogP contribution in [0.5, 0.6) is 0 Å². The number of hydrogen-bond acceptors (Lipinski definition) is 3. The first-order valence-corrected chi connectivity index (χ1v) is 7.70. The summed E-state index contributed by atoms with van der Waals surface area (Å²) in [7, 11) is 0. The summed E-state index contributed by atoms with van der Waals surface area (Å²) in [6.07, 6.45) is 1.82. The van der Waals surface area contributed by atoms with Gasteiger partial charge in [-0.1, -0.05) is 31.2 Å². The highest BCUT2D eigenvalue weighted by atomic mass is 16.3. The highest BCUT2D eigenvalue weighted by Crippen LogP contribution is 2.28. The second-order valence-electron chi connectivity index (χ2n) is 6.40. The molecule has 0 radical (unpaired) electrons. The molecule has 4 heteroatoms. The van der Waals surface area contributed by atoms with E-state index >= 15 is 0 Å². The molecule has 1 atom stereocenters. The lowest BCUT2D eigenvalue weighted by Gasteiger charge is -2.36. The predicted molar refractivity (Wildman–Crippen MR) is 84.1 cm³/mol. The van der Waals surface area contributed by atoms with E-state index in [-0.39, 0.29) is 24.1 Å². The number of carbonyl (C=O) groups excluding carboxylic acids is 1. The van der Waals surface area contributed by atoms with Crippen LogP contribution in [-0.2, 0) is 11.2 Å². The monoisotopic (exact) mass is 290 g/mol. The van der Waals surface area contributed by atoms with Crippen LogP contribution in [0.2, 0.25) is 0 Å². The second-order valence-corrected chi connectivity index (χ2v) is 6.40. The van der Waals surface area contributed by atoms with Crippen molar-refractivity contribution < 1.29 is 9.90 Å². The van der Waals surface area contributed by atoms with Crippen LogP contribution in [0.4, 0.5) is 0 Å². The molecule has 2 N–H and O–H groups in total. The van der Waals surface area contributed by atoms with Crippen molar-refractivity contribution in [3.63, 3.8) is 0 Å². The van der Waals surface area contributed by atoms with Crippen LogP contribution < -0.4 is 5.32 Å². The summed E-state index contributed by atoms with van der Waals surface area (Å²) in [6, 6.07) is 8.10. The molecule has 0 spiro atoms. The van der Waals surface area contributed by atoms with E-state index in [1.54, 1.807) is 0 Å². The van der Waals surface area contributed by atoms with E-state index < -0.39 is 0 Å². The van der Waals surface area contributed by atoms with Crippen LogP contribution >= 0.6 is 0 Å². The second kappa shape index (κ2) is 6.58. The molecule has 1 aliphatic rings. The number of aliphatic hydroxyl groups excluding tert-OH is 1. The zero-order valence-corrected chi connectivity index (χ0v) is 13.2. The van der Waals surface area contributed by atoms with E-state index in [9.17, 15) is 9.90 Å². The van der Waals surface area contributed by atoms with Gasteiger partial charge in [-0.25, -0.2) is 0 Å². The molecule has 0 saturated heterocycles. The molecule has 21 heavy (non-hydrogen) atoms. The molecule has 0 aliphatic carbocycles. The Balaban J connectivity index is 2.06. The number of aliphatic hydroxyl groups is 1. The van der Waals surface area contributed by atoms with Crippen LogP contribution in [-0.4, -0.2) is 41.1 Å². The molecule has 0 bridgehead atoms. The summed E-state index contributed by atoms with van der Waals surface area (Å²) in [4.78, 5) is 14.3. The summed E-state index contributed by atoms with van der Waals surface area (Å²) < 4.78 is 0. The third-order valence-corrected chi connectivity index (χ3v) is 4.40. The van der Waals surface area contributed by atoms with Crippen LogP contribution in [0, 0.1) is 0 Å². The van der Waals surface area contributed by atoms with Gasteiger partial charge in [0.05, 0.1) is 19.2 Å². The normalized spacial score (nSPS) is 19.1. The zero-order valence-electron chi connectivity index (χ0n) is 13.2. The van der Waals surface area contributed by atoms with Crippen molar-refractivity contribution >= 4 is 5.91 Å². The number of nitrogens with zero attached hydrogens (tertiary/aromatic N) is 1. The van der Waals surface area contributed by atoms with Gasteiger partial charge in [0.15, 0.2) is 0 Å². The van der Waals surface area contributed by atoms with Gasteiger partial charge < -0.3 is 10.4 Å². The molecule has 1 aliphatic heterocycles. The minimum atomic E-state index is -0.181. The van der Waals surface area contributed by atoms with Gasteiger partial charge in [-0.05, 0) is 37.8 Å². The summed E-state index contributed by atoms with van der Waals surface area (Å²) >= 11 is 0. The van der Waals surface area contributed by atoms with Crippen molar-refractivity contribution in [2.45, 2.75) is 45.2 Å². The maximum atomic E-state index is 12.2. The standard InChI is InChI=1S/C17H26N2O2/c1-4-17(2,3)18-16(21)11-19-10-9-13-7-5-6-8-14(13)15(19)12-20/h5-8,15,20H,4,9-12H2,1-3H3,(H,18,21). The van der Waals surface area contributed by atoms with Gasteiger partial charge in [-0.2, -0.15) is 0 Å². The fourth-order valence-electron chi connectivity index (χ4n) is 2.80. The lowest BCUT2D eigenvalue weighted by Crippen LogP contribution is -2.49. The number of nitrogens with one attached hydrogen (secondary N) is 1. The SMILES string of the molecule is CCC(C)(C)NC(=O)CN1CCc2ccccc2C1CO. The molecule has 0 fully saturated rings. The molecule has 4 nitrogen and oxygen atoms in total. The van der Waals surface area contributed by atoms with Gasteiger partial charge in [0, 0.05) is 12.1 Å². The Bertz CT molecular complexity index is 499. The van der Waals surface area contributed by atoms with Gasteiger partial charge >= 0.3 is 0 Å². The van der Waals surface area contributed by atoms with Gasteiger partial charge in [0.1, 0.15) is 0 Å². The first-order chi connectivity index (χ1) is 9.96. The van der Waals surface area contributed by atoms with E-state index in [0.717, 1.165) is 24.9 Å². The minimum absolute atomic E-state index is 0.0275. The molecule has 1 unspecified atom stereocenters. The van der Waals surface area contributed by atoms with E-state index in [4.69, 9.17) is 0 Å². The minimum Gasteiger partial charge on any atom is -0.394 e. The first kappa shape index (κ1) is 16.0. The zero-order chi connectivity index (χ0) is 15.5. The third kappa shape index (κ3) is 3.83. The van der Waals surface area contributed by atoms with Crippen LogP contribution in [0.25, 0.3) is 0 Å². The maximum absolute atomic E-state index is 12.2. The van der Waals surface area contributed by atoms with Gasteiger partial charge in [0.25, 0.3) is 0 Å². The van der Waals surface area contributed by atoms with Crippen molar-refractivity contribution in [1.29, 1.82) is 0 Å². The van der Waals surface area contributed by atoms with Crippen LogP contribution in [0.15, 0.2) is 24.3 Å². The van der Waals surface area contributed by atoms with E-state index in [0.29, 0.717) is 6.54 Å². The molecule has 0 aromatic heterocycles. The molecule has 0 saturated carbocycles. The molecule has 2 rings (SSSR count). The fraction of sp³-hybridized carbons (Fsp3) is 0.588. The first-order valence-electron chi connectivity index (χ1n) is 7.70. The highest BCUT2D eigenvalue weighted by Gasteiger charge is 2.29. The summed E-state index contributed by atoms with van der Waals surface area (Å²) in [5, 5.41) is 12.8. The molecule has 1 heterocycles. The lowest BCUT2D eigenvalue weighted by atomic mass is 9.93. The number of benzene rings is 1. The summed E-state index contributed by atoms with van der Waals surface area (Å²) in [5.74, 6) is 0.0275. The molecule has 1 aromatic carbocycles. The van der Waals surface area contributed by atoms with E-state index in [2.05, 4.69) is 29.3 Å². The summed E-state index contributed by atoms with van der Waals surface area (Å²) in [5.41, 5.74) is 2.25. The largest absolute Gasteiger partial charge is 0.394 e. The van der Waals surface area contributed by atoms with Gasteiger partial charge in [-0.15, -0.1) is 0 Å². The topological polar surface area (TPSA) is 52.6 Å². The molecular weight excluding hydrogens is 264 g/mol. The average molecular weight is 290 g/mol. The molecular formula is C17H26N2O2. The van der Waals surface area contributed by atoms with Crippen LogP contribution in [0.1, 0.15) is 44.4 Å². The number of rotatable bonds is 5. The van der Waals surface area contributed by atoms with Crippen molar-refractivity contribution in [2.75, 3.05) is 19.7 Å². The number of hydrogen-bond donors (Lipinski definition) is 2. The van der Waals surface area contributed by atoms with Gasteiger partial charge in [0.2, 0.25) is 5.91 Å². The Morgan fingerprint density at radius 2 is 2.14 bits per heavy atom. The molecule has 1 amide bonds. The van der Waals surface area contributed by atoms with Crippen molar-refractivity contribution in [3.05, 3.63) is 35.4 Å². The Labute approximate surface area is 127 Å². The van der Waals surface area contributed by atoms with Crippen molar-refractivity contribution in [2.24, 2.45) is 0 Å². The van der Waals surface area contributed by atoms with Crippen molar-refractivity contribution in [3.8, 4) is 0 Å². The molecule has 116 valence electrons. The predicted octanol–water partition coefficient (Wildman–Crippen LogP) is 1.88. The summed E-state index contributed by atoms with van der Waals surface area (Å²) in [6.45, 7) is 7.31.